The summed E-state index contributed by atoms with van der Waals surface area (Å²) in [5.74, 6) is -0.843. The number of aliphatic hydroxyl groups excluding tert-OH is 1. The average molecular weight is 351 g/mol. The molecule has 0 saturated carbocycles. The van der Waals surface area contributed by atoms with Gasteiger partial charge in [0.05, 0.1) is 7.11 Å². The van der Waals surface area contributed by atoms with Crippen LogP contribution >= 0.6 is 0 Å². The molecule has 25 heavy (non-hydrogen) atoms. The first kappa shape index (κ1) is 20.6. The van der Waals surface area contributed by atoms with Crippen LogP contribution < -0.4 is 5.32 Å². The number of ketones is 1. The van der Waals surface area contributed by atoms with Crippen LogP contribution in [0.25, 0.3) is 0 Å². The second kappa shape index (κ2) is 8.62. The fraction of sp³-hybridized carbons (Fsp3) is 0.500. The van der Waals surface area contributed by atoms with E-state index in [0.29, 0.717) is 17.5 Å². The third kappa shape index (κ3) is 6.19. The van der Waals surface area contributed by atoms with E-state index < -0.39 is 29.8 Å². The molecule has 1 amide bonds. The maximum Gasteiger partial charge on any atom is 0.408 e. The van der Waals surface area contributed by atoms with E-state index in [-0.39, 0.29) is 5.78 Å². The highest BCUT2D eigenvalue weighted by Gasteiger charge is 2.32. The molecule has 2 atom stereocenters. The zero-order valence-corrected chi connectivity index (χ0v) is 15.2. The molecule has 0 aromatic heterocycles. The Morgan fingerprint density at radius 1 is 1.16 bits per heavy atom. The summed E-state index contributed by atoms with van der Waals surface area (Å²) in [6.45, 7) is 6.79. The summed E-state index contributed by atoms with van der Waals surface area (Å²) in [6.07, 6.45) is -1.84. The Morgan fingerprint density at radius 2 is 1.72 bits per heavy atom. The van der Waals surface area contributed by atoms with Crippen LogP contribution in [0.2, 0.25) is 0 Å². The number of carbonyl (C=O) groups excluding carboxylic acids is 3. The highest BCUT2D eigenvalue weighted by atomic mass is 16.6. The minimum absolute atomic E-state index is 0.0302. The number of benzene rings is 1. The number of alkyl carbamates (subject to hydrolysis) is 1. The minimum Gasteiger partial charge on any atom is -0.467 e. The van der Waals surface area contributed by atoms with E-state index in [0.717, 1.165) is 7.11 Å². The molecule has 2 N–H and O–H groups in total. The van der Waals surface area contributed by atoms with Gasteiger partial charge in [0.25, 0.3) is 0 Å². The van der Waals surface area contributed by atoms with Crippen molar-refractivity contribution in [2.75, 3.05) is 7.11 Å². The molecule has 0 aliphatic carbocycles. The molecule has 0 fully saturated rings. The fourth-order valence-corrected chi connectivity index (χ4v) is 2.09. The van der Waals surface area contributed by atoms with E-state index in [2.05, 4.69) is 10.1 Å². The van der Waals surface area contributed by atoms with Crippen molar-refractivity contribution < 1.29 is 29.0 Å². The number of nitrogens with one attached hydrogen (secondary N) is 1. The van der Waals surface area contributed by atoms with Gasteiger partial charge in [-0.1, -0.05) is 31.2 Å². The number of ether oxygens (including phenoxy) is 2. The first-order chi connectivity index (χ1) is 11.6. The molecule has 7 heteroatoms. The topological polar surface area (TPSA) is 102 Å². The van der Waals surface area contributed by atoms with Crippen LogP contribution in [0, 0.1) is 0 Å². The summed E-state index contributed by atoms with van der Waals surface area (Å²) < 4.78 is 9.74. The van der Waals surface area contributed by atoms with Gasteiger partial charge in [-0.2, -0.15) is 0 Å². The number of rotatable bonds is 6. The largest absolute Gasteiger partial charge is 0.467 e. The number of hydrogen-bond donors (Lipinski definition) is 2. The molecular weight excluding hydrogens is 326 g/mol. The first-order valence-electron chi connectivity index (χ1n) is 7.97. The van der Waals surface area contributed by atoms with Crippen LogP contribution in [0.15, 0.2) is 24.3 Å². The molecule has 0 aliphatic heterocycles. The smallest absolute Gasteiger partial charge is 0.408 e. The fourth-order valence-electron chi connectivity index (χ4n) is 2.09. The van der Waals surface area contributed by atoms with Crippen molar-refractivity contribution in [1.82, 2.24) is 5.32 Å². The Kier molecular flexibility index (Phi) is 7.11. The van der Waals surface area contributed by atoms with Crippen LogP contribution in [0.5, 0.6) is 0 Å². The number of hydrogen-bond acceptors (Lipinski definition) is 6. The van der Waals surface area contributed by atoms with Crippen molar-refractivity contribution in [3.63, 3.8) is 0 Å². The van der Waals surface area contributed by atoms with E-state index in [1.807, 2.05) is 0 Å². The van der Waals surface area contributed by atoms with E-state index in [1.54, 1.807) is 39.8 Å². The lowest BCUT2D eigenvalue weighted by molar-refractivity contribution is -0.146. The van der Waals surface area contributed by atoms with E-state index in [9.17, 15) is 19.5 Å². The lowest BCUT2D eigenvalue weighted by Gasteiger charge is -2.25. The molecule has 1 aromatic carbocycles. The summed E-state index contributed by atoms with van der Waals surface area (Å²) >= 11 is 0. The maximum absolute atomic E-state index is 11.9. The van der Waals surface area contributed by atoms with Crippen LogP contribution in [0.1, 0.15) is 56.1 Å². The number of carbonyl (C=O) groups is 3. The van der Waals surface area contributed by atoms with E-state index in [4.69, 9.17) is 4.74 Å². The van der Waals surface area contributed by atoms with Crippen molar-refractivity contribution in [2.24, 2.45) is 0 Å². The van der Waals surface area contributed by atoms with Gasteiger partial charge < -0.3 is 19.9 Å². The van der Waals surface area contributed by atoms with Crippen molar-refractivity contribution in [3.05, 3.63) is 35.4 Å². The minimum atomic E-state index is -1.36. The molecule has 138 valence electrons. The summed E-state index contributed by atoms with van der Waals surface area (Å²) in [5, 5.41) is 12.8. The van der Waals surface area contributed by atoms with Gasteiger partial charge in [-0.25, -0.2) is 9.59 Å². The summed E-state index contributed by atoms with van der Waals surface area (Å²) in [5.41, 5.74) is 0.116. The molecule has 0 heterocycles. The number of methoxy groups -OCH3 is 1. The zero-order valence-electron chi connectivity index (χ0n) is 15.2. The molecule has 1 aromatic rings. The van der Waals surface area contributed by atoms with Crippen LogP contribution in [0.3, 0.4) is 0 Å². The van der Waals surface area contributed by atoms with Crippen molar-refractivity contribution in [3.8, 4) is 0 Å². The molecule has 1 rings (SSSR count). The molecule has 0 bridgehead atoms. The van der Waals surface area contributed by atoms with Gasteiger partial charge in [0, 0.05) is 12.0 Å². The van der Waals surface area contributed by atoms with Crippen molar-refractivity contribution >= 4 is 17.8 Å². The first-order valence-corrected chi connectivity index (χ1v) is 7.97. The Morgan fingerprint density at radius 3 is 2.16 bits per heavy atom. The molecule has 7 nitrogen and oxygen atoms in total. The number of aliphatic hydroxyl groups is 1. The SMILES string of the molecule is CCC(=O)c1ccc([C@@H](O)[C@H](NC(=O)OC(C)(C)C)C(=O)OC)cc1. The maximum atomic E-state index is 11.9. The van der Waals surface area contributed by atoms with Gasteiger partial charge >= 0.3 is 12.1 Å². The lowest BCUT2D eigenvalue weighted by Crippen LogP contribution is -2.47. The Balaban J connectivity index is 2.96. The summed E-state index contributed by atoms with van der Waals surface area (Å²) in [6, 6.07) is 4.84. The normalized spacial score (nSPS) is 13.5. The van der Waals surface area contributed by atoms with E-state index in [1.165, 1.54) is 12.1 Å². The molecule has 0 spiro atoms. The Hall–Kier alpha value is -2.41. The van der Waals surface area contributed by atoms with Gasteiger partial charge in [0.1, 0.15) is 11.7 Å². The molecule has 0 radical (unpaired) electrons. The number of esters is 1. The third-order valence-electron chi connectivity index (χ3n) is 3.34. The van der Waals surface area contributed by atoms with Gasteiger partial charge in [0.2, 0.25) is 0 Å². The van der Waals surface area contributed by atoms with Crippen molar-refractivity contribution in [2.45, 2.75) is 51.9 Å². The molecule has 0 saturated heterocycles. The predicted molar refractivity (Wildman–Crippen MR) is 91.2 cm³/mol. The molecule has 0 unspecified atom stereocenters. The van der Waals surface area contributed by atoms with Crippen LogP contribution in [0.4, 0.5) is 4.79 Å². The number of Topliss-reactive ketones (excluding diaryl/α,β-unsaturated/α-hetero) is 1. The monoisotopic (exact) mass is 351 g/mol. The highest BCUT2D eigenvalue weighted by Crippen LogP contribution is 2.20. The van der Waals surface area contributed by atoms with Gasteiger partial charge in [0.15, 0.2) is 11.8 Å². The van der Waals surface area contributed by atoms with Gasteiger partial charge in [-0.3, -0.25) is 4.79 Å². The second-order valence-corrected chi connectivity index (χ2v) is 6.49. The van der Waals surface area contributed by atoms with Crippen molar-refractivity contribution in [1.29, 1.82) is 0 Å². The average Bonchev–Trinajstić information content (AvgIpc) is 2.56. The molecular formula is C18H25NO6. The Labute approximate surface area is 147 Å². The highest BCUT2D eigenvalue weighted by molar-refractivity contribution is 5.95. The molecule has 0 aliphatic rings. The van der Waals surface area contributed by atoms with Crippen LogP contribution in [-0.4, -0.2) is 41.7 Å². The van der Waals surface area contributed by atoms with Crippen LogP contribution in [-0.2, 0) is 14.3 Å². The standard InChI is InChI=1S/C18H25NO6/c1-6-13(20)11-7-9-12(10-8-11)15(21)14(16(22)24-5)19-17(23)25-18(2,3)4/h7-10,14-15,21H,6H2,1-5H3,(H,19,23)/t14-,15+/m0/s1. The second-order valence-electron chi connectivity index (χ2n) is 6.49. The summed E-state index contributed by atoms with van der Waals surface area (Å²) in [7, 11) is 1.15. The third-order valence-corrected chi connectivity index (χ3v) is 3.34. The number of amides is 1. The van der Waals surface area contributed by atoms with E-state index >= 15 is 0 Å². The lowest BCUT2D eigenvalue weighted by atomic mass is 9.99. The zero-order chi connectivity index (χ0) is 19.2. The van der Waals surface area contributed by atoms with Gasteiger partial charge in [-0.05, 0) is 26.3 Å². The predicted octanol–water partition coefficient (Wildman–Crippen LogP) is 2.38. The summed E-state index contributed by atoms with van der Waals surface area (Å²) in [4.78, 5) is 35.5. The Bertz CT molecular complexity index is 617. The van der Waals surface area contributed by atoms with Gasteiger partial charge in [-0.15, -0.1) is 0 Å². The quantitative estimate of drug-likeness (QED) is 0.603.